The van der Waals surface area contributed by atoms with Crippen LogP contribution in [0.5, 0.6) is 0 Å². The SMILES string of the molecule is CC1=CC(C)(C)N(C)c2cc(Cl)c(/C=C3\C(=O)NC(=S)N(c4ccccc4C)C3=O)cc21. The second-order valence-electron chi connectivity index (χ2n) is 8.68. The van der Waals surface area contributed by atoms with E-state index in [9.17, 15) is 9.59 Å². The van der Waals surface area contributed by atoms with Crippen LogP contribution in [0.15, 0.2) is 48.0 Å². The Hall–Kier alpha value is -2.96. The maximum absolute atomic E-state index is 13.4. The molecule has 7 heteroatoms. The van der Waals surface area contributed by atoms with Gasteiger partial charge in [-0.3, -0.25) is 19.8 Å². The van der Waals surface area contributed by atoms with E-state index >= 15 is 0 Å². The number of allylic oxidation sites excluding steroid dienone is 1. The minimum Gasteiger partial charge on any atom is -0.365 e. The molecule has 5 nitrogen and oxygen atoms in total. The van der Waals surface area contributed by atoms with Gasteiger partial charge in [-0.05, 0) is 80.9 Å². The van der Waals surface area contributed by atoms with Crippen LogP contribution in [-0.2, 0) is 9.59 Å². The van der Waals surface area contributed by atoms with Gasteiger partial charge in [-0.15, -0.1) is 0 Å². The minimum atomic E-state index is -0.538. The van der Waals surface area contributed by atoms with Gasteiger partial charge in [-0.1, -0.05) is 35.9 Å². The van der Waals surface area contributed by atoms with Crippen LogP contribution in [-0.4, -0.2) is 29.5 Å². The van der Waals surface area contributed by atoms with Gasteiger partial charge in [0.2, 0.25) is 0 Å². The molecule has 0 aromatic heterocycles. The Morgan fingerprint density at radius 3 is 2.47 bits per heavy atom. The van der Waals surface area contributed by atoms with Gasteiger partial charge < -0.3 is 4.90 Å². The van der Waals surface area contributed by atoms with E-state index in [2.05, 4.69) is 37.1 Å². The minimum absolute atomic E-state index is 0.0187. The van der Waals surface area contributed by atoms with E-state index in [-0.39, 0.29) is 16.2 Å². The Bertz CT molecular complexity index is 1250. The molecule has 0 radical (unpaired) electrons. The molecule has 1 saturated heterocycles. The Kier molecular flexibility index (Phi) is 5.47. The molecule has 0 aliphatic carbocycles. The summed E-state index contributed by atoms with van der Waals surface area (Å²) >= 11 is 11.9. The predicted molar refractivity (Wildman–Crippen MR) is 135 cm³/mol. The lowest BCUT2D eigenvalue weighted by atomic mass is 9.88. The van der Waals surface area contributed by atoms with Crippen LogP contribution in [0, 0.1) is 6.92 Å². The fraction of sp³-hybridized carbons (Fsp3) is 0.240. The third-order valence-corrected chi connectivity index (χ3v) is 6.71. The zero-order valence-corrected chi connectivity index (χ0v) is 20.2. The number of para-hydroxylation sites is 1. The number of likely N-dealkylation sites (N-methyl/N-ethyl adjacent to an activating group) is 1. The molecule has 0 atom stereocenters. The molecule has 0 saturated carbocycles. The summed E-state index contributed by atoms with van der Waals surface area (Å²) in [7, 11) is 2.02. The predicted octanol–water partition coefficient (Wildman–Crippen LogP) is 5.11. The number of anilines is 2. The van der Waals surface area contributed by atoms with Crippen molar-refractivity contribution in [2.24, 2.45) is 0 Å². The van der Waals surface area contributed by atoms with Gasteiger partial charge in [0.05, 0.1) is 11.2 Å². The molecule has 4 rings (SSSR count). The third kappa shape index (κ3) is 3.63. The summed E-state index contributed by atoms with van der Waals surface area (Å²) in [5, 5.41) is 3.15. The zero-order chi connectivity index (χ0) is 23.4. The van der Waals surface area contributed by atoms with Crippen LogP contribution in [0.2, 0.25) is 5.02 Å². The summed E-state index contributed by atoms with van der Waals surface area (Å²) in [6.07, 6.45) is 3.73. The van der Waals surface area contributed by atoms with Gasteiger partial charge in [0.25, 0.3) is 11.8 Å². The molecule has 0 bridgehead atoms. The van der Waals surface area contributed by atoms with Crippen molar-refractivity contribution in [1.29, 1.82) is 0 Å². The number of nitrogens with zero attached hydrogens (tertiary/aromatic N) is 2. The molecular weight excluding hydrogens is 442 g/mol. The monoisotopic (exact) mass is 465 g/mol. The molecule has 1 N–H and O–H groups in total. The maximum Gasteiger partial charge on any atom is 0.270 e. The second kappa shape index (κ2) is 7.87. The average Bonchev–Trinajstić information content (AvgIpc) is 2.71. The quantitative estimate of drug-likeness (QED) is 0.380. The first-order valence-corrected chi connectivity index (χ1v) is 11.0. The van der Waals surface area contributed by atoms with Crippen LogP contribution in [0.3, 0.4) is 0 Å². The highest BCUT2D eigenvalue weighted by atomic mass is 35.5. The van der Waals surface area contributed by atoms with Crippen molar-refractivity contribution in [2.45, 2.75) is 33.2 Å². The smallest absolute Gasteiger partial charge is 0.270 e. The summed E-state index contributed by atoms with van der Waals surface area (Å²) < 4.78 is 0. The average molecular weight is 466 g/mol. The Balaban J connectivity index is 1.81. The molecule has 164 valence electrons. The van der Waals surface area contributed by atoms with E-state index < -0.39 is 11.8 Å². The van der Waals surface area contributed by atoms with Crippen LogP contribution in [0.1, 0.15) is 37.5 Å². The summed E-state index contributed by atoms with van der Waals surface area (Å²) in [6.45, 7) is 8.21. The van der Waals surface area contributed by atoms with Gasteiger partial charge in [0, 0.05) is 23.3 Å². The van der Waals surface area contributed by atoms with Crippen molar-refractivity contribution in [3.05, 3.63) is 69.8 Å². The Labute approximate surface area is 198 Å². The summed E-state index contributed by atoms with van der Waals surface area (Å²) in [4.78, 5) is 29.6. The number of nitrogens with one attached hydrogen (secondary N) is 1. The fourth-order valence-electron chi connectivity index (χ4n) is 4.14. The number of carbonyl (C=O) groups excluding carboxylic acids is 2. The highest BCUT2D eigenvalue weighted by Gasteiger charge is 2.35. The van der Waals surface area contributed by atoms with Crippen molar-refractivity contribution in [1.82, 2.24) is 5.32 Å². The molecule has 2 amide bonds. The van der Waals surface area contributed by atoms with E-state index in [0.29, 0.717) is 16.3 Å². The third-order valence-electron chi connectivity index (χ3n) is 6.09. The van der Waals surface area contributed by atoms with Crippen molar-refractivity contribution >= 4 is 63.8 Å². The highest BCUT2D eigenvalue weighted by Crippen LogP contribution is 2.41. The van der Waals surface area contributed by atoms with Crippen molar-refractivity contribution in [2.75, 3.05) is 16.8 Å². The van der Waals surface area contributed by atoms with Crippen molar-refractivity contribution in [3.8, 4) is 0 Å². The maximum atomic E-state index is 13.4. The second-order valence-corrected chi connectivity index (χ2v) is 9.47. The lowest BCUT2D eigenvalue weighted by Crippen LogP contribution is -2.54. The number of thiocarbonyl (C=S) groups is 1. The molecule has 0 spiro atoms. The molecule has 2 heterocycles. The summed E-state index contributed by atoms with van der Waals surface area (Å²) in [6, 6.07) is 11.2. The molecule has 1 fully saturated rings. The molecule has 2 aliphatic heterocycles. The number of halogens is 1. The van der Waals surface area contributed by atoms with Gasteiger partial charge in [0.1, 0.15) is 5.57 Å². The fourth-order valence-corrected chi connectivity index (χ4v) is 4.63. The summed E-state index contributed by atoms with van der Waals surface area (Å²) in [5.74, 6) is -1.02. The van der Waals surface area contributed by atoms with E-state index in [1.165, 1.54) is 4.90 Å². The molecule has 32 heavy (non-hydrogen) atoms. The van der Waals surface area contributed by atoms with Crippen LogP contribution >= 0.6 is 23.8 Å². The molecule has 2 aromatic rings. The molecule has 2 aliphatic rings. The molecule has 0 unspecified atom stereocenters. The standard InChI is InChI=1S/C25H24ClN3O2S/c1-14-8-6-7-9-20(14)29-23(31)18(22(30)27-24(29)32)11-16-10-17-15(2)13-25(3,4)28(5)21(17)12-19(16)26/h6-13H,1-5H3,(H,27,30,32)/b18-11+. The Morgan fingerprint density at radius 1 is 1.09 bits per heavy atom. The van der Waals surface area contributed by atoms with E-state index in [1.807, 2.05) is 44.3 Å². The van der Waals surface area contributed by atoms with E-state index in [1.54, 1.807) is 12.1 Å². The number of hydrogen-bond donors (Lipinski definition) is 1. The molecule has 2 aromatic carbocycles. The summed E-state index contributed by atoms with van der Waals surface area (Å²) in [5.41, 5.74) is 5.06. The normalized spacial score (nSPS) is 19.1. The van der Waals surface area contributed by atoms with Gasteiger partial charge in [0.15, 0.2) is 5.11 Å². The number of benzene rings is 2. The number of rotatable bonds is 2. The highest BCUT2D eigenvalue weighted by molar-refractivity contribution is 7.80. The van der Waals surface area contributed by atoms with Gasteiger partial charge >= 0.3 is 0 Å². The van der Waals surface area contributed by atoms with Gasteiger partial charge in [-0.25, -0.2) is 0 Å². The van der Waals surface area contributed by atoms with Crippen LogP contribution in [0.4, 0.5) is 11.4 Å². The lowest BCUT2D eigenvalue weighted by Gasteiger charge is -2.41. The first-order chi connectivity index (χ1) is 15.0. The van der Waals surface area contributed by atoms with Crippen LogP contribution < -0.4 is 15.1 Å². The molecular formula is C25H24ClN3O2S. The zero-order valence-electron chi connectivity index (χ0n) is 18.6. The number of aryl methyl sites for hydroxylation is 1. The Morgan fingerprint density at radius 2 is 1.78 bits per heavy atom. The van der Waals surface area contributed by atoms with Gasteiger partial charge in [-0.2, -0.15) is 0 Å². The van der Waals surface area contributed by atoms with E-state index in [0.717, 1.165) is 22.4 Å². The largest absolute Gasteiger partial charge is 0.365 e. The lowest BCUT2D eigenvalue weighted by molar-refractivity contribution is -0.122. The van der Waals surface area contributed by atoms with Crippen molar-refractivity contribution in [3.63, 3.8) is 0 Å². The number of fused-ring (bicyclic) bond motifs is 1. The number of carbonyl (C=O) groups is 2. The number of amides is 2. The number of hydrogen-bond acceptors (Lipinski definition) is 4. The van der Waals surface area contributed by atoms with E-state index in [4.69, 9.17) is 23.8 Å². The first kappa shape index (κ1) is 22.2. The van der Waals surface area contributed by atoms with Crippen LogP contribution in [0.25, 0.3) is 11.6 Å². The first-order valence-electron chi connectivity index (χ1n) is 10.3. The van der Waals surface area contributed by atoms with Crippen molar-refractivity contribution < 1.29 is 9.59 Å². The topological polar surface area (TPSA) is 52.7 Å².